The van der Waals surface area contributed by atoms with Crippen molar-refractivity contribution in [3.8, 4) is 28.7 Å². The number of aliphatic imine (C=N–C) groups is 2. The van der Waals surface area contributed by atoms with E-state index in [1.165, 1.54) is 26.4 Å². The minimum Gasteiger partial charge on any atom is -0.497 e. The predicted octanol–water partition coefficient (Wildman–Crippen LogP) is 7.57. The molecule has 3 N–H and O–H groups in total. The van der Waals surface area contributed by atoms with Crippen molar-refractivity contribution in [2.45, 2.75) is 89.9 Å². The zero-order valence-electron chi connectivity index (χ0n) is 45.5. The van der Waals surface area contributed by atoms with Gasteiger partial charge in [-0.15, -0.1) is 0 Å². The van der Waals surface area contributed by atoms with Crippen molar-refractivity contribution in [3.05, 3.63) is 120 Å². The second-order valence-corrected chi connectivity index (χ2v) is 20.2. The highest BCUT2D eigenvalue weighted by Crippen LogP contribution is 2.42. The fourth-order valence-corrected chi connectivity index (χ4v) is 9.92. The number of rotatable bonds is 23. The summed E-state index contributed by atoms with van der Waals surface area (Å²) in [6.07, 6.45) is 13.1. The van der Waals surface area contributed by atoms with E-state index < -0.39 is 23.9 Å². The van der Waals surface area contributed by atoms with E-state index in [1.807, 2.05) is 48.8 Å². The lowest BCUT2D eigenvalue weighted by molar-refractivity contribution is -0.137. The highest BCUT2D eigenvalue weighted by molar-refractivity contribution is 6.13. The van der Waals surface area contributed by atoms with E-state index in [0.29, 0.717) is 89.7 Å². The van der Waals surface area contributed by atoms with Gasteiger partial charge >= 0.3 is 0 Å². The van der Waals surface area contributed by atoms with E-state index in [0.717, 1.165) is 32.9 Å². The van der Waals surface area contributed by atoms with Crippen molar-refractivity contribution in [3.63, 3.8) is 0 Å². The maximum absolute atomic E-state index is 14.1. The van der Waals surface area contributed by atoms with Gasteiger partial charge in [-0.25, -0.2) is 0 Å². The van der Waals surface area contributed by atoms with Gasteiger partial charge in [0, 0.05) is 87.0 Å². The molecule has 4 atom stereocenters. The maximum atomic E-state index is 14.1. The molecule has 0 radical (unpaired) electrons. The Morgan fingerprint density at radius 1 is 0.613 bits per heavy atom. The third-order valence-electron chi connectivity index (χ3n) is 14.4. The Morgan fingerprint density at radius 2 is 1.14 bits per heavy atom. The van der Waals surface area contributed by atoms with Gasteiger partial charge in [-0.3, -0.25) is 48.4 Å². The summed E-state index contributed by atoms with van der Waals surface area (Å²) < 4.78 is 29.0. The van der Waals surface area contributed by atoms with Crippen LogP contribution in [0, 0.1) is 5.92 Å². The van der Waals surface area contributed by atoms with Crippen LogP contribution in [0.2, 0.25) is 0 Å². The number of ether oxygens (including phenoxy) is 5. The lowest BCUT2D eigenvalue weighted by Crippen LogP contribution is -2.53. The number of hydrogen-bond acceptors (Lipinski definition) is 14. The van der Waals surface area contributed by atoms with Crippen LogP contribution in [0.3, 0.4) is 0 Å². The number of methoxy groups -OCH3 is 3. The minimum atomic E-state index is -0.926. The van der Waals surface area contributed by atoms with Gasteiger partial charge in [-0.1, -0.05) is 44.5 Å². The monoisotopic (exact) mass is 1090 g/mol. The fourth-order valence-electron chi connectivity index (χ4n) is 9.92. The molecule has 0 spiro atoms. The number of hydrogen-bond donors (Lipinski definition) is 3. The molecule has 416 valence electrons. The molecule has 0 unspecified atom stereocenters. The molecule has 0 fully saturated rings. The molecule has 5 heterocycles. The normalized spacial score (nSPS) is 17.6. The van der Waals surface area contributed by atoms with E-state index in [4.69, 9.17) is 33.7 Å². The van der Waals surface area contributed by atoms with Crippen molar-refractivity contribution < 1.29 is 57.2 Å². The minimum absolute atomic E-state index is 0.162. The van der Waals surface area contributed by atoms with Gasteiger partial charge in [0.15, 0.2) is 23.0 Å². The van der Waals surface area contributed by atoms with E-state index in [-0.39, 0.29) is 73.7 Å². The van der Waals surface area contributed by atoms with Gasteiger partial charge < -0.3 is 49.4 Å². The number of nitrogens with one attached hydrogen (secondary N) is 3. The predicted molar refractivity (Wildman–Crippen MR) is 300 cm³/mol. The second-order valence-electron chi connectivity index (χ2n) is 20.2. The summed E-state index contributed by atoms with van der Waals surface area (Å²) in [4.78, 5) is 105. The smallest absolute Gasteiger partial charge is 0.260 e. The molecule has 4 aromatic rings. The van der Waals surface area contributed by atoms with Crippen LogP contribution in [0.25, 0.3) is 11.1 Å². The molecule has 4 aromatic carbocycles. The Kier molecular flexibility index (Phi) is 17.2. The van der Waals surface area contributed by atoms with Crippen LogP contribution in [0.4, 0.5) is 17.1 Å². The molecule has 20 heteroatoms. The Hall–Kier alpha value is -9.07. The second kappa shape index (κ2) is 24.7. The number of imide groups is 1. The molecule has 0 bridgehead atoms. The molecular weight excluding hydrogens is 1020 g/mol. The third kappa shape index (κ3) is 12.4. The molecule has 9 rings (SSSR count). The van der Waals surface area contributed by atoms with Crippen molar-refractivity contribution in [1.29, 1.82) is 0 Å². The van der Waals surface area contributed by atoms with Crippen molar-refractivity contribution in [1.82, 2.24) is 25.3 Å². The number of anilines is 1. The summed E-state index contributed by atoms with van der Waals surface area (Å²) in [7, 11) is 4.65. The van der Waals surface area contributed by atoms with Crippen LogP contribution in [0.1, 0.15) is 97.6 Å². The van der Waals surface area contributed by atoms with Gasteiger partial charge in [0.25, 0.3) is 23.6 Å². The topological polar surface area (TPSA) is 236 Å². The summed E-state index contributed by atoms with van der Waals surface area (Å²) in [5.41, 5.74) is 5.94. The van der Waals surface area contributed by atoms with Crippen LogP contribution >= 0.6 is 0 Å². The quantitative estimate of drug-likeness (QED) is 0.0482. The largest absolute Gasteiger partial charge is 0.497 e. The summed E-state index contributed by atoms with van der Waals surface area (Å²) >= 11 is 0. The maximum Gasteiger partial charge on any atom is 0.260 e. The summed E-state index contributed by atoms with van der Waals surface area (Å²) in [5, 5.41) is 8.34. The van der Waals surface area contributed by atoms with Gasteiger partial charge in [0.1, 0.15) is 17.8 Å². The first-order valence-corrected chi connectivity index (χ1v) is 26.7. The SMILES string of the molecule is COc1ccc(C2=CN3C(=O)c4cc(OC)c(OCCCOc5cc6c(cc5OC)C(=O)N5C=C(c7ccc(NC(=O)[C@@H](C)NC(=O)[C@H](NC(=O)CCCCCN8C(=O)C=CC8=O)C(C)C)cc7)C[C@H]5C=N6)cc4N=C[C@@H]3C2)cc1. The summed E-state index contributed by atoms with van der Waals surface area (Å²) in [6, 6.07) is 19.2. The molecule has 80 heavy (non-hydrogen) atoms. The Balaban J connectivity index is 0.739. The summed E-state index contributed by atoms with van der Waals surface area (Å²) in [5.74, 6) is -0.270. The molecule has 0 aromatic heterocycles. The lowest BCUT2D eigenvalue weighted by Gasteiger charge is -2.24. The number of fused-ring (bicyclic) bond motifs is 4. The number of amides is 7. The van der Waals surface area contributed by atoms with E-state index in [9.17, 15) is 33.6 Å². The fraction of sp³-hybridized carbons (Fsp3) is 0.350. The van der Waals surface area contributed by atoms with E-state index in [2.05, 4.69) is 16.0 Å². The molecule has 0 saturated heterocycles. The first kappa shape index (κ1) is 55.7. The Bertz CT molecular complexity index is 3220. The third-order valence-corrected chi connectivity index (χ3v) is 14.4. The first-order chi connectivity index (χ1) is 38.6. The average molecular weight is 1090 g/mol. The number of nitrogens with zero attached hydrogens (tertiary/aromatic N) is 5. The van der Waals surface area contributed by atoms with E-state index in [1.54, 1.807) is 86.5 Å². The average Bonchev–Trinajstić information content (AvgIpc) is 4.15. The lowest BCUT2D eigenvalue weighted by atomic mass is 10.0. The van der Waals surface area contributed by atoms with Crippen LogP contribution in [0.5, 0.6) is 28.7 Å². The molecule has 0 aliphatic carbocycles. The standard InChI is InChI=1S/C60H64N8O12/c1-35(2)56(65-53(69)11-8-7-9-22-66-54(70)20-21-55(66)71)58(73)63-36(3)57(72)64-41-16-12-37(13-17-41)39-25-42-31-61-47-29-51(49(77-5)27-45(47)59(74)67(42)33-39)79-23-10-24-80-52-30-48-46(28-50(52)78-6)60(75)68-34-40(26-43(68)32-62-48)38-14-18-44(76-4)19-15-38/h12-21,27-36,42-43,56H,7-11,22-26H2,1-6H3,(H,63,73)(H,64,72)(H,65,69)/t36-,42+,43+,56-/m1/s1. The van der Waals surface area contributed by atoms with Crippen LogP contribution < -0.4 is 39.6 Å². The van der Waals surface area contributed by atoms with Crippen LogP contribution in [-0.2, 0) is 24.0 Å². The molecule has 20 nitrogen and oxygen atoms in total. The van der Waals surface area contributed by atoms with Gasteiger partial charge in [0.05, 0.1) is 69.1 Å². The zero-order chi connectivity index (χ0) is 56.6. The number of carbonyl (C=O) groups excluding carboxylic acids is 7. The van der Waals surface area contributed by atoms with E-state index >= 15 is 0 Å². The van der Waals surface area contributed by atoms with Crippen molar-refractivity contribution in [2.24, 2.45) is 15.9 Å². The van der Waals surface area contributed by atoms with Crippen LogP contribution in [0.15, 0.2) is 107 Å². The molecule has 5 aliphatic heterocycles. The van der Waals surface area contributed by atoms with Gasteiger partial charge in [0.2, 0.25) is 17.7 Å². The molecule has 5 aliphatic rings. The molecule has 0 saturated carbocycles. The zero-order valence-corrected chi connectivity index (χ0v) is 45.5. The van der Waals surface area contributed by atoms with Crippen LogP contribution in [-0.4, -0.2) is 134 Å². The van der Waals surface area contributed by atoms with Crippen molar-refractivity contribution in [2.75, 3.05) is 46.4 Å². The highest BCUT2D eigenvalue weighted by atomic mass is 16.5. The first-order valence-electron chi connectivity index (χ1n) is 26.7. The highest BCUT2D eigenvalue weighted by Gasteiger charge is 2.36. The van der Waals surface area contributed by atoms with Gasteiger partial charge in [-0.05, 0) is 84.4 Å². The molecular formula is C60H64N8O12. The number of carbonyl (C=O) groups is 7. The Morgan fingerprint density at radius 3 is 1.64 bits per heavy atom. The van der Waals surface area contributed by atoms with Crippen molar-refractivity contribution >= 4 is 82.0 Å². The molecule has 7 amide bonds. The Labute approximate surface area is 463 Å². The van der Waals surface area contributed by atoms with Gasteiger partial charge in [-0.2, -0.15) is 0 Å². The number of unbranched alkanes of at least 4 members (excludes halogenated alkanes) is 2. The summed E-state index contributed by atoms with van der Waals surface area (Å²) in [6.45, 7) is 5.94. The number of benzene rings is 4.